The second-order valence-electron chi connectivity index (χ2n) is 5.30. The van der Waals surface area contributed by atoms with Crippen LogP contribution in [0.3, 0.4) is 0 Å². The summed E-state index contributed by atoms with van der Waals surface area (Å²) in [6.07, 6.45) is 0. The summed E-state index contributed by atoms with van der Waals surface area (Å²) in [6, 6.07) is 12.9. The first-order chi connectivity index (χ1) is 8.99. The number of rotatable bonds is 3. The Kier molecular flexibility index (Phi) is 4.01. The maximum Gasteiger partial charge on any atom is 0.123 e. The zero-order valence-electron chi connectivity index (χ0n) is 11.7. The standard InChI is InChI=1S/C17H20FN/c1-11(2)13-4-6-14(7-5-13)17(19)16-9-8-15(18)10-12(16)3/h4-11,17H,19H2,1-3H3. The topological polar surface area (TPSA) is 26.0 Å². The molecule has 100 valence electrons. The van der Waals surface area contributed by atoms with Crippen molar-refractivity contribution < 1.29 is 4.39 Å². The Labute approximate surface area is 114 Å². The molecule has 2 heteroatoms. The van der Waals surface area contributed by atoms with E-state index < -0.39 is 0 Å². The van der Waals surface area contributed by atoms with Gasteiger partial charge >= 0.3 is 0 Å². The van der Waals surface area contributed by atoms with Gasteiger partial charge in [0.2, 0.25) is 0 Å². The summed E-state index contributed by atoms with van der Waals surface area (Å²) >= 11 is 0. The van der Waals surface area contributed by atoms with E-state index in [9.17, 15) is 4.39 Å². The zero-order chi connectivity index (χ0) is 14.0. The first kappa shape index (κ1) is 13.8. The number of hydrogen-bond acceptors (Lipinski definition) is 1. The summed E-state index contributed by atoms with van der Waals surface area (Å²) in [5.41, 5.74) is 10.5. The Balaban J connectivity index is 2.30. The van der Waals surface area contributed by atoms with Gasteiger partial charge in [-0.05, 0) is 47.2 Å². The molecule has 0 radical (unpaired) electrons. The third-order valence-electron chi connectivity index (χ3n) is 3.53. The van der Waals surface area contributed by atoms with E-state index in [0.29, 0.717) is 5.92 Å². The van der Waals surface area contributed by atoms with Crippen LogP contribution in [0, 0.1) is 12.7 Å². The molecule has 0 amide bonds. The van der Waals surface area contributed by atoms with Crippen LogP contribution in [0.15, 0.2) is 42.5 Å². The summed E-state index contributed by atoms with van der Waals surface area (Å²) in [5.74, 6) is 0.293. The van der Waals surface area contributed by atoms with E-state index in [1.54, 1.807) is 6.07 Å². The average molecular weight is 257 g/mol. The minimum Gasteiger partial charge on any atom is -0.320 e. The maximum atomic E-state index is 13.1. The van der Waals surface area contributed by atoms with Crippen LogP contribution in [0.5, 0.6) is 0 Å². The molecule has 0 aliphatic carbocycles. The van der Waals surface area contributed by atoms with Crippen molar-refractivity contribution in [3.05, 3.63) is 70.5 Å². The minimum absolute atomic E-state index is 0.207. The highest BCUT2D eigenvalue weighted by Crippen LogP contribution is 2.25. The molecule has 2 rings (SSSR count). The quantitative estimate of drug-likeness (QED) is 0.871. The molecule has 0 bridgehead atoms. The van der Waals surface area contributed by atoms with Crippen LogP contribution in [0.25, 0.3) is 0 Å². The predicted molar refractivity (Wildman–Crippen MR) is 77.7 cm³/mol. The summed E-state index contributed by atoms with van der Waals surface area (Å²) < 4.78 is 13.1. The van der Waals surface area contributed by atoms with Crippen molar-refractivity contribution in [3.8, 4) is 0 Å². The Morgan fingerprint density at radius 2 is 1.53 bits per heavy atom. The number of aryl methyl sites for hydroxylation is 1. The summed E-state index contributed by atoms with van der Waals surface area (Å²) in [6.45, 7) is 6.22. The molecule has 0 spiro atoms. The fourth-order valence-electron chi connectivity index (χ4n) is 2.26. The highest BCUT2D eigenvalue weighted by atomic mass is 19.1. The van der Waals surface area contributed by atoms with Gasteiger partial charge < -0.3 is 5.73 Å². The first-order valence-electron chi connectivity index (χ1n) is 6.60. The van der Waals surface area contributed by atoms with Crippen LogP contribution in [0.4, 0.5) is 4.39 Å². The molecule has 0 fully saturated rings. The molecule has 0 aliphatic rings. The lowest BCUT2D eigenvalue weighted by Gasteiger charge is -2.16. The normalized spacial score (nSPS) is 12.7. The molecule has 0 aliphatic heterocycles. The summed E-state index contributed by atoms with van der Waals surface area (Å²) in [5, 5.41) is 0. The Bertz CT molecular complexity index is 558. The molecular formula is C17H20FN. The van der Waals surface area contributed by atoms with E-state index in [1.807, 2.05) is 6.92 Å². The smallest absolute Gasteiger partial charge is 0.123 e. The van der Waals surface area contributed by atoms with Gasteiger partial charge in [0, 0.05) is 0 Å². The molecule has 0 saturated heterocycles. The fourth-order valence-corrected chi connectivity index (χ4v) is 2.26. The first-order valence-corrected chi connectivity index (χ1v) is 6.60. The molecule has 2 N–H and O–H groups in total. The van der Waals surface area contributed by atoms with E-state index in [-0.39, 0.29) is 11.9 Å². The van der Waals surface area contributed by atoms with Crippen molar-refractivity contribution in [1.29, 1.82) is 0 Å². The molecule has 1 unspecified atom stereocenters. The lowest BCUT2D eigenvalue weighted by molar-refractivity contribution is 0.624. The third-order valence-corrected chi connectivity index (χ3v) is 3.53. The van der Waals surface area contributed by atoms with E-state index in [1.165, 1.54) is 17.7 Å². The van der Waals surface area contributed by atoms with Crippen LogP contribution in [0.1, 0.15) is 48.1 Å². The van der Waals surface area contributed by atoms with Gasteiger partial charge in [-0.3, -0.25) is 0 Å². The number of benzene rings is 2. The molecule has 0 heterocycles. The molecule has 19 heavy (non-hydrogen) atoms. The lowest BCUT2D eigenvalue weighted by Crippen LogP contribution is -2.13. The van der Waals surface area contributed by atoms with Gasteiger partial charge in [0.15, 0.2) is 0 Å². The SMILES string of the molecule is Cc1cc(F)ccc1C(N)c1ccc(C(C)C)cc1. The summed E-state index contributed by atoms with van der Waals surface area (Å²) in [4.78, 5) is 0. The number of halogens is 1. The third kappa shape index (κ3) is 3.02. The van der Waals surface area contributed by atoms with Gasteiger partial charge in [-0.1, -0.05) is 44.2 Å². The second kappa shape index (κ2) is 5.54. The molecule has 1 atom stereocenters. The van der Waals surface area contributed by atoms with E-state index in [0.717, 1.165) is 16.7 Å². The van der Waals surface area contributed by atoms with Crippen molar-refractivity contribution >= 4 is 0 Å². The van der Waals surface area contributed by atoms with Crippen LogP contribution >= 0.6 is 0 Å². The van der Waals surface area contributed by atoms with Crippen molar-refractivity contribution in [2.24, 2.45) is 5.73 Å². The van der Waals surface area contributed by atoms with Gasteiger partial charge in [0.25, 0.3) is 0 Å². The van der Waals surface area contributed by atoms with Crippen LogP contribution in [0.2, 0.25) is 0 Å². The van der Waals surface area contributed by atoms with Crippen molar-refractivity contribution in [3.63, 3.8) is 0 Å². The molecule has 0 saturated carbocycles. The molecule has 2 aromatic rings. The van der Waals surface area contributed by atoms with Gasteiger partial charge in [0.05, 0.1) is 6.04 Å². The van der Waals surface area contributed by atoms with E-state index >= 15 is 0 Å². The number of nitrogens with two attached hydrogens (primary N) is 1. The molecular weight excluding hydrogens is 237 g/mol. The monoisotopic (exact) mass is 257 g/mol. The van der Waals surface area contributed by atoms with Crippen LogP contribution < -0.4 is 5.73 Å². The van der Waals surface area contributed by atoms with E-state index in [4.69, 9.17) is 5.73 Å². The lowest BCUT2D eigenvalue weighted by atomic mass is 9.93. The molecule has 0 aromatic heterocycles. The van der Waals surface area contributed by atoms with Gasteiger partial charge in [-0.25, -0.2) is 4.39 Å². The maximum absolute atomic E-state index is 13.1. The van der Waals surface area contributed by atoms with Gasteiger partial charge in [0.1, 0.15) is 5.82 Å². The summed E-state index contributed by atoms with van der Waals surface area (Å²) in [7, 11) is 0. The highest BCUT2D eigenvalue weighted by Gasteiger charge is 2.12. The Morgan fingerprint density at radius 1 is 0.947 bits per heavy atom. The highest BCUT2D eigenvalue weighted by molar-refractivity contribution is 5.38. The zero-order valence-corrected chi connectivity index (χ0v) is 11.7. The molecule has 1 nitrogen and oxygen atoms in total. The van der Waals surface area contributed by atoms with Gasteiger partial charge in [-0.15, -0.1) is 0 Å². The number of hydrogen-bond donors (Lipinski definition) is 1. The minimum atomic E-state index is -0.219. The Hall–Kier alpha value is -1.67. The molecule has 2 aromatic carbocycles. The van der Waals surface area contributed by atoms with Crippen molar-refractivity contribution in [2.75, 3.05) is 0 Å². The van der Waals surface area contributed by atoms with Crippen molar-refractivity contribution in [2.45, 2.75) is 32.7 Å². The Morgan fingerprint density at radius 3 is 2.05 bits per heavy atom. The predicted octanol–water partition coefficient (Wildman–Crippen LogP) is 4.31. The van der Waals surface area contributed by atoms with Gasteiger partial charge in [-0.2, -0.15) is 0 Å². The fraction of sp³-hybridized carbons (Fsp3) is 0.294. The van der Waals surface area contributed by atoms with Crippen LogP contribution in [-0.4, -0.2) is 0 Å². The second-order valence-corrected chi connectivity index (χ2v) is 5.30. The largest absolute Gasteiger partial charge is 0.320 e. The van der Waals surface area contributed by atoms with Crippen LogP contribution in [-0.2, 0) is 0 Å². The average Bonchev–Trinajstić information content (AvgIpc) is 2.38. The van der Waals surface area contributed by atoms with Crippen molar-refractivity contribution in [1.82, 2.24) is 0 Å². The van der Waals surface area contributed by atoms with E-state index in [2.05, 4.69) is 38.1 Å².